The fraction of sp³-hybridized carbons (Fsp3) is 0.750. The fourth-order valence-electron chi connectivity index (χ4n) is 1.95. The zero-order chi connectivity index (χ0) is 18.4. The number of nitrogens with one attached hydrogen (secondary N) is 2. The van der Waals surface area contributed by atoms with Gasteiger partial charge in [-0.25, -0.2) is 8.42 Å². The molecule has 0 bridgehead atoms. The minimum Gasteiger partial charge on any atom is -0.359 e. The third-order valence-corrected chi connectivity index (χ3v) is 4.65. The van der Waals surface area contributed by atoms with Gasteiger partial charge in [0.1, 0.15) is 9.84 Å². The number of aromatic nitrogens is 1. The first-order chi connectivity index (χ1) is 11.0. The van der Waals surface area contributed by atoms with Gasteiger partial charge in [0.25, 0.3) is 0 Å². The molecule has 0 fully saturated rings. The number of hydrogen-bond donors (Lipinski definition) is 2. The normalized spacial score (nSPS) is 13.4. The summed E-state index contributed by atoms with van der Waals surface area (Å²) in [7, 11) is -1.25. The van der Waals surface area contributed by atoms with Crippen LogP contribution in [0, 0.1) is 5.41 Å². The Morgan fingerprint density at radius 1 is 1.38 bits per heavy atom. The molecule has 0 saturated carbocycles. The van der Waals surface area contributed by atoms with Gasteiger partial charge in [-0.1, -0.05) is 32.9 Å². The van der Waals surface area contributed by atoms with Crippen molar-refractivity contribution in [3.63, 3.8) is 0 Å². The number of aliphatic imine (C=N–C) groups is 1. The Labute approximate surface area is 145 Å². The predicted octanol–water partition coefficient (Wildman–Crippen LogP) is 1.92. The lowest BCUT2D eigenvalue weighted by Gasteiger charge is -2.25. The van der Waals surface area contributed by atoms with E-state index in [0.29, 0.717) is 31.4 Å². The Bertz CT molecular complexity index is 648. The van der Waals surface area contributed by atoms with Crippen molar-refractivity contribution in [1.82, 2.24) is 15.8 Å². The largest absolute Gasteiger partial charge is 0.359 e. The van der Waals surface area contributed by atoms with Crippen molar-refractivity contribution in [3.05, 3.63) is 17.5 Å². The van der Waals surface area contributed by atoms with Crippen LogP contribution in [0.25, 0.3) is 0 Å². The maximum atomic E-state index is 11.3. The molecule has 0 atom stereocenters. The number of rotatable bonds is 8. The molecule has 1 aromatic heterocycles. The third kappa shape index (κ3) is 7.81. The van der Waals surface area contributed by atoms with Gasteiger partial charge in [-0.3, -0.25) is 4.99 Å². The second-order valence-electron chi connectivity index (χ2n) is 7.20. The maximum absolute atomic E-state index is 11.3. The summed E-state index contributed by atoms with van der Waals surface area (Å²) in [5.41, 5.74) is 0.772. The average molecular weight is 359 g/mol. The van der Waals surface area contributed by atoms with Gasteiger partial charge in [0.2, 0.25) is 0 Å². The van der Waals surface area contributed by atoms with Crippen LogP contribution in [0.1, 0.15) is 51.5 Å². The van der Waals surface area contributed by atoms with E-state index in [1.807, 2.05) is 19.9 Å². The quantitative estimate of drug-likeness (QED) is 0.544. The summed E-state index contributed by atoms with van der Waals surface area (Å²) in [6.45, 7) is 9.30. The van der Waals surface area contributed by atoms with Crippen LogP contribution in [-0.2, 0) is 16.4 Å². The molecule has 0 amide bonds. The Hall–Kier alpha value is -1.57. The highest BCUT2D eigenvalue weighted by atomic mass is 32.2. The average Bonchev–Trinajstić information content (AvgIpc) is 2.94. The van der Waals surface area contributed by atoms with Crippen molar-refractivity contribution in [2.24, 2.45) is 10.4 Å². The van der Waals surface area contributed by atoms with Gasteiger partial charge < -0.3 is 15.2 Å². The molecule has 138 valence electrons. The molecule has 0 aliphatic heterocycles. The molecule has 1 aromatic rings. The second-order valence-corrected chi connectivity index (χ2v) is 9.46. The molecule has 0 aliphatic carbocycles. The summed E-state index contributed by atoms with van der Waals surface area (Å²) in [5.74, 6) is 1.91. The van der Waals surface area contributed by atoms with Gasteiger partial charge in [-0.2, -0.15) is 0 Å². The molecule has 24 heavy (non-hydrogen) atoms. The highest BCUT2D eigenvalue weighted by molar-refractivity contribution is 7.90. The van der Waals surface area contributed by atoms with Crippen molar-refractivity contribution in [3.8, 4) is 0 Å². The molecule has 0 unspecified atom stereocenters. The van der Waals surface area contributed by atoms with E-state index in [1.165, 1.54) is 6.26 Å². The molecule has 0 saturated heterocycles. The predicted molar refractivity (Wildman–Crippen MR) is 96.9 cm³/mol. The first-order valence-corrected chi connectivity index (χ1v) is 10.2. The van der Waals surface area contributed by atoms with Crippen LogP contribution in [0.4, 0.5) is 0 Å². The summed E-state index contributed by atoms with van der Waals surface area (Å²) < 4.78 is 27.9. The topological polar surface area (TPSA) is 96.6 Å². The zero-order valence-electron chi connectivity index (χ0n) is 15.5. The van der Waals surface area contributed by atoms with Crippen LogP contribution in [-0.4, -0.2) is 45.1 Å². The zero-order valence-corrected chi connectivity index (χ0v) is 16.3. The van der Waals surface area contributed by atoms with Crippen molar-refractivity contribution in [2.45, 2.75) is 46.6 Å². The standard InChI is InChI=1S/C16H30N4O3S/c1-12(2)14-9-13(23-20-14)10-18-15(17-5)19-11-16(3,4)7-8-24(6,21)22/h9,12H,7-8,10-11H2,1-6H3,(H2,17,18,19). The van der Waals surface area contributed by atoms with E-state index >= 15 is 0 Å². The summed E-state index contributed by atoms with van der Waals surface area (Å²) >= 11 is 0. The molecule has 8 heteroatoms. The monoisotopic (exact) mass is 358 g/mol. The van der Waals surface area contributed by atoms with Gasteiger partial charge in [-0.15, -0.1) is 0 Å². The smallest absolute Gasteiger partial charge is 0.191 e. The van der Waals surface area contributed by atoms with E-state index in [4.69, 9.17) is 4.52 Å². The highest BCUT2D eigenvalue weighted by Gasteiger charge is 2.20. The highest BCUT2D eigenvalue weighted by Crippen LogP contribution is 2.19. The van der Waals surface area contributed by atoms with Crippen LogP contribution in [0.15, 0.2) is 15.6 Å². The Morgan fingerprint density at radius 3 is 2.54 bits per heavy atom. The summed E-state index contributed by atoms with van der Waals surface area (Å²) in [6.07, 6.45) is 1.86. The SMILES string of the molecule is CN=C(NCc1cc(C(C)C)no1)NCC(C)(C)CCS(C)(=O)=O. The van der Waals surface area contributed by atoms with E-state index in [0.717, 1.165) is 11.5 Å². The van der Waals surface area contributed by atoms with E-state index in [2.05, 4.69) is 34.6 Å². The van der Waals surface area contributed by atoms with E-state index in [9.17, 15) is 8.42 Å². The van der Waals surface area contributed by atoms with Gasteiger partial charge in [0, 0.05) is 25.9 Å². The van der Waals surface area contributed by atoms with Crippen molar-refractivity contribution in [2.75, 3.05) is 25.6 Å². The van der Waals surface area contributed by atoms with Gasteiger partial charge in [-0.05, 0) is 17.8 Å². The number of nitrogens with zero attached hydrogens (tertiary/aromatic N) is 2. The molecule has 1 rings (SSSR count). The van der Waals surface area contributed by atoms with Crippen LogP contribution >= 0.6 is 0 Å². The number of guanidine groups is 1. The molecule has 0 radical (unpaired) electrons. The lowest BCUT2D eigenvalue weighted by Crippen LogP contribution is -2.42. The maximum Gasteiger partial charge on any atom is 0.191 e. The molecule has 1 heterocycles. The summed E-state index contributed by atoms with van der Waals surface area (Å²) in [5, 5.41) is 10.4. The van der Waals surface area contributed by atoms with Crippen LogP contribution < -0.4 is 10.6 Å². The van der Waals surface area contributed by atoms with E-state index < -0.39 is 9.84 Å². The third-order valence-electron chi connectivity index (χ3n) is 3.71. The fourth-order valence-corrected chi connectivity index (χ4v) is 2.87. The first-order valence-electron chi connectivity index (χ1n) is 8.10. The summed E-state index contributed by atoms with van der Waals surface area (Å²) in [6, 6.07) is 1.93. The van der Waals surface area contributed by atoms with Crippen LogP contribution in [0.5, 0.6) is 0 Å². The van der Waals surface area contributed by atoms with Crippen molar-refractivity contribution < 1.29 is 12.9 Å². The van der Waals surface area contributed by atoms with Crippen molar-refractivity contribution in [1.29, 1.82) is 0 Å². The molecular formula is C16H30N4O3S. The van der Waals surface area contributed by atoms with Gasteiger partial charge in [0.15, 0.2) is 11.7 Å². The minimum absolute atomic E-state index is 0.155. The van der Waals surface area contributed by atoms with Crippen molar-refractivity contribution >= 4 is 15.8 Å². The number of sulfone groups is 1. The molecule has 0 aliphatic rings. The molecule has 7 nitrogen and oxygen atoms in total. The Kier molecular flexibility index (Phi) is 7.26. The first kappa shape index (κ1) is 20.5. The van der Waals surface area contributed by atoms with Crippen LogP contribution in [0.3, 0.4) is 0 Å². The number of hydrogen-bond acceptors (Lipinski definition) is 5. The van der Waals surface area contributed by atoms with E-state index in [1.54, 1.807) is 7.05 Å². The molecule has 0 aromatic carbocycles. The van der Waals surface area contributed by atoms with Crippen LogP contribution in [0.2, 0.25) is 0 Å². The Morgan fingerprint density at radius 2 is 2.04 bits per heavy atom. The molecule has 0 spiro atoms. The molecular weight excluding hydrogens is 328 g/mol. The lowest BCUT2D eigenvalue weighted by atomic mass is 9.90. The van der Waals surface area contributed by atoms with Gasteiger partial charge >= 0.3 is 0 Å². The van der Waals surface area contributed by atoms with E-state index in [-0.39, 0.29) is 11.2 Å². The van der Waals surface area contributed by atoms with Gasteiger partial charge in [0.05, 0.1) is 18.0 Å². The second kappa shape index (κ2) is 8.50. The Balaban J connectivity index is 2.46. The lowest BCUT2D eigenvalue weighted by molar-refractivity contribution is 0.347. The summed E-state index contributed by atoms with van der Waals surface area (Å²) in [4.78, 5) is 4.17. The minimum atomic E-state index is -2.95. The molecule has 2 N–H and O–H groups in total.